The first-order valence-corrected chi connectivity index (χ1v) is 9.80. The molecular weight excluding hydrogens is 346 g/mol. The van der Waals surface area contributed by atoms with Crippen molar-refractivity contribution < 1.29 is 8.78 Å². The third-order valence-corrected chi connectivity index (χ3v) is 6.38. The van der Waals surface area contributed by atoms with Crippen LogP contribution in [0.1, 0.15) is 36.1 Å². The molecule has 2 aliphatic rings. The van der Waals surface area contributed by atoms with E-state index in [9.17, 15) is 8.78 Å². The summed E-state index contributed by atoms with van der Waals surface area (Å²) in [6.45, 7) is 8.07. The molecule has 0 amide bonds. The number of nitrogens with zero attached hydrogens (tertiary/aromatic N) is 4. The molecule has 1 aromatic carbocycles. The van der Waals surface area contributed by atoms with Crippen molar-refractivity contribution in [3.05, 3.63) is 52.9 Å². The van der Waals surface area contributed by atoms with Gasteiger partial charge in [0.05, 0.1) is 6.20 Å². The minimum absolute atomic E-state index is 0.326. The number of rotatable bonds is 4. The fourth-order valence-electron chi connectivity index (χ4n) is 4.78. The fourth-order valence-corrected chi connectivity index (χ4v) is 4.78. The molecule has 0 radical (unpaired) electrons. The second-order valence-corrected chi connectivity index (χ2v) is 8.40. The van der Waals surface area contributed by atoms with Crippen LogP contribution in [-0.2, 0) is 20.1 Å². The average Bonchev–Trinajstić information content (AvgIpc) is 3.16. The highest BCUT2D eigenvalue weighted by Crippen LogP contribution is 2.40. The molecule has 0 N–H and O–H groups in total. The number of piperidine rings is 1. The first-order chi connectivity index (χ1) is 12.9. The van der Waals surface area contributed by atoms with Crippen molar-refractivity contribution in [3.63, 3.8) is 0 Å². The lowest BCUT2D eigenvalue weighted by Crippen LogP contribution is -2.44. The Balaban J connectivity index is 1.38. The van der Waals surface area contributed by atoms with E-state index in [1.54, 1.807) is 6.07 Å². The van der Waals surface area contributed by atoms with E-state index < -0.39 is 11.6 Å². The summed E-state index contributed by atoms with van der Waals surface area (Å²) >= 11 is 0. The van der Waals surface area contributed by atoms with Crippen LogP contribution in [0.3, 0.4) is 0 Å². The van der Waals surface area contributed by atoms with Gasteiger partial charge in [-0.2, -0.15) is 5.10 Å². The van der Waals surface area contributed by atoms with Gasteiger partial charge in [-0.05, 0) is 62.4 Å². The Morgan fingerprint density at radius 2 is 1.81 bits per heavy atom. The third kappa shape index (κ3) is 3.92. The molecule has 0 saturated carbocycles. The standard InChI is InChI=1S/C21H28F2N4/c1-16-18(11-24-25(16)2)13-27-9-7-21(15-27)6-3-8-26(14-21)12-17-4-5-19(22)20(23)10-17/h4-5,10-11H,3,6-9,12-15H2,1-2H3. The summed E-state index contributed by atoms with van der Waals surface area (Å²) in [4.78, 5) is 4.96. The van der Waals surface area contributed by atoms with Gasteiger partial charge in [0.25, 0.3) is 0 Å². The van der Waals surface area contributed by atoms with Gasteiger partial charge >= 0.3 is 0 Å². The van der Waals surface area contributed by atoms with Gasteiger partial charge in [-0.3, -0.25) is 14.5 Å². The Labute approximate surface area is 159 Å². The zero-order valence-electron chi connectivity index (χ0n) is 16.2. The monoisotopic (exact) mass is 374 g/mol. The summed E-state index contributed by atoms with van der Waals surface area (Å²) in [7, 11) is 1.99. The SMILES string of the molecule is Cc1c(CN2CCC3(CCCN(Cc4ccc(F)c(F)c4)C3)C2)cnn1C. The van der Waals surface area contributed by atoms with Crippen LogP contribution < -0.4 is 0 Å². The lowest BCUT2D eigenvalue weighted by Gasteiger charge is -2.40. The number of hydrogen-bond acceptors (Lipinski definition) is 3. The number of hydrogen-bond donors (Lipinski definition) is 0. The molecule has 4 rings (SSSR count). The van der Waals surface area contributed by atoms with Crippen molar-refractivity contribution in [2.45, 2.75) is 39.3 Å². The lowest BCUT2D eigenvalue weighted by atomic mass is 9.79. The van der Waals surface area contributed by atoms with Crippen LogP contribution in [0, 0.1) is 24.0 Å². The molecule has 1 aromatic heterocycles. The van der Waals surface area contributed by atoms with Crippen molar-refractivity contribution in [1.82, 2.24) is 19.6 Å². The molecule has 0 bridgehead atoms. The zero-order valence-corrected chi connectivity index (χ0v) is 16.2. The van der Waals surface area contributed by atoms with E-state index >= 15 is 0 Å². The van der Waals surface area contributed by atoms with E-state index in [4.69, 9.17) is 0 Å². The molecule has 2 saturated heterocycles. The highest BCUT2D eigenvalue weighted by molar-refractivity contribution is 5.18. The Bertz CT molecular complexity index is 819. The summed E-state index contributed by atoms with van der Waals surface area (Å²) < 4.78 is 28.6. The minimum Gasteiger partial charge on any atom is -0.298 e. The van der Waals surface area contributed by atoms with Gasteiger partial charge in [-0.25, -0.2) is 8.78 Å². The van der Waals surface area contributed by atoms with E-state index in [0.29, 0.717) is 12.0 Å². The zero-order chi connectivity index (χ0) is 19.0. The smallest absolute Gasteiger partial charge is 0.159 e. The number of halogens is 2. The molecular formula is C21H28F2N4. The summed E-state index contributed by atoms with van der Waals surface area (Å²) in [5.41, 5.74) is 3.72. The first kappa shape index (κ1) is 18.6. The number of benzene rings is 1. The van der Waals surface area contributed by atoms with Crippen molar-refractivity contribution in [1.29, 1.82) is 0 Å². The van der Waals surface area contributed by atoms with Crippen LogP contribution in [0.15, 0.2) is 24.4 Å². The van der Waals surface area contributed by atoms with Gasteiger partial charge in [-0.1, -0.05) is 6.07 Å². The van der Waals surface area contributed by atoms with Crippen LogP contribution in [-0.4, -0.2) is 45.8 Å². The van der Waals surface area contributed by atoms with Crippen molar-refractivity contribution >= 4 is 0 Å². The second kappa shape index (κ2) is 7.32. The predicted molar refractivity (Wildman–Crippen MR) is 101 cm³/mol. The minimum atomic E-state index is -0.772. The van der Waals surface area contributed by atoms with Crippen molar-refractivity contribution in [2.24, 2.45) is 12.5 Å². The molecule has 1 unspecified atom stereocenters. The Kier molecular flexibility index (Phi) is 5.03. The van der Waals surface area contributed by atoms with Gasteiger partial charge in [0.15, 0.2) is 11.6 Å². The van der Waals surface area contributed by atoms with E-state index in [-0.39, 0.29) is 0 Å². The van der Waals surface area contributed by atoms with E-state index in [0.717, 1.165) is 38.3 Å². The van der Waals surface area contributed by atoms with Crippen molar-refractivity contribution in [3.8, 4) is 0 Å². The molecule has 6 heteroatoms. The molecule has 2 fully saturated rings. The summed E-state index contributed by atoms with van der Waals surface area (Å²) in [6, 6.07) is 4.27. The quantitative estimate of drug-likeness (QED) is 0.819. The Morgan fingerprint density at radius 3 is 2.52 bits per heavy atom. The largest absolute Gasteiger partial charge is 0.298 e. The molecule has 0 aliphatic carbocycles. The molecule has 146 valence electrons. The van der Waals surface area contributed by atoms with E-state index in [1.165, 1.54) is 42.7 Å². The number of likely N-dealkylation sites (tertiary alicyclic amines) is 2. The normalized spacial score (nSPS) is 24.1. The second-order valence-electron chi connectivity index (χ2n) is 8.40. The number of aromatic nitrogens is 2. The van der Waals surface area contributed by atoms with Crippen LogP contribution in [0.5, 0.6) is 0 Å². The topological polar surface area (TPSA) is 24.3 Å². The molecule has 2 aromatic rings. The third-order valence-electron chi connectivity index (χ3n) is 6.38. The summed E-state index contributed by atoms with van der Waals surface area (Å²) in [6.07, 6.45) is 5.62. The van der Waals surface area contributed by atoms with Gasteiger partial charge in [0.1, 0.15) is 0 Å². The van der Waals surface area contributed by atoms with Crippen LogP contribution in [0.4, 0.5) is 8.78 Å². The number of aryl methyl sites for hydroxylation is 1. The maximum atomic E-state index is 13.5. The molecule has 27 heavy (non-hydrogen) atoms. The van der Waals surface area contributed by atoms with Crippen LogP contribution in [0.25, 0.3) is 0 Å². The van der Waals surface area contributed by atoms with Gasteiger partial charge in [0, 0.05) is 44.5 Å². The Hall–Kier alpha value is -1.79. The molecule has 2 aliphatic heterocycles. The summed E-state index contributed by atoms with van der Waals surface area (Å²) in [5.74, 6) is -1.52. The highest BCUT2D eigenvalue weighted by Gasteiger charge is 2.41. The predicted octanol–water partition coefficient (Wildman–Crippen LogP) is 3.49. The van der Waals surface area contributed by atoms with E-state index in [2.05, 4.69) is 21.8 Å². The average molecular weight is 374 g/mol. The van der Waals surface area contributed by atoms with Crippen LogP contribution >= 0.6 is 0 Å². The molecule has 1 atom stereocenters. The fraction of sp³-hybridized carbons (Fsp3) is 0.571. The van der Waals surface area contributed by atoms with Crippen molar-refractivity contribution in [2.75, 3.05) is 26.2 Å². The van der Waals surface area contributed by atoms with Gasteiger partial charge < -0.3 is 0 Å². The molecule has 4 nitrogen and oxygen atoms in total. The Morgan fingerprint density at radius 1 is 1.04 bits per heavy atom. The maximum Gasteiger partial charge on any atom is 0.159 e. The van der Waals surface area contributed by atoms with Crippen LogP contribution in [0.2, 0.25) is 0 Å². The molecule has 3 heterocycles. The lowest BCUT2D eigenvalue weighted by molar-refractivity contribution is 0.0865. The maximum absolute atomic E-state index is 13.5. The molecule has 1 spiro atoms. The first-order valence-electron chi connectivity index (χ1n) is 9.80. The van der Waals surface area contributed by atoms with Gasteiger partial charge in [-0.15, -0.1) is 0 Å². The highest BCUT2D eigenvalue weighted by atomic mass is 19.2. The van der Waals surface area contributed by atoms with Gasteiger partial charge in [0.2, 0.25) is 0 Å². The summed E-state index contributed by atoms with van der Waals surface area (Å²) in [5, 5.41) is 4.36. The van der Waals surface area contributed by atoms with E-state index in [1.807, 2.05) is 17.9 Å².